The van der Waals surface area contributed by atoms with Gasteiger partial charge in [-0.25, -0.2) is 8.78 Å². The number of rotatable bonds is 2. The second kappa shape index (κ2) is 5.99. The Morgan fingerprint density at radius 3 is 2.82 bits per heavy atom. The van der Waals surface area contributed by atoms with Crippen LogP contribution in [0.1, 0.15) is 0 Å². The van der Waals surface area contributed by atoms with E-state index < -0.39 is 6.43 Å². The molecule has 0 saturated heterocycles. The number of halogens is 3. The molecule has 0 bridgehead atoms. The van der Waals surface area contributed by atoms with Crippen LogP contribution >= 0.6 is 35.7 Å². The fraction of sp³-hybridized carbons (Fsp3) is 0.800. The standard InChI is InChI=1S/C5H8F2N2S.HI/c6-4(7)3-10-5-8-1-2-9-5;/h4H,1-3H2,(H,8,9);1H. The van der Waals surface area contributed by atoms with Crippen LogP contribution < -0.4 is 5.32 Å². The summed E-state index contributed by atoms with van der Waals surface area (Å²) < 4.78 is 23.2. The Labute approximate surface area is 85.2 Å². The summed E-state index contributed by atoms with van der Waals surface area (Å²) in [5.41, 5.74) is 0. The summed E-state index contributed by atoms with van der Waals surface area (Å²) in [5, 5.41) is 3.54. The molecule has 0 unspecified atom stereocenters. The largest absolute Gasteiger partial charge is 0.363 e. The Balaban J connectivity index is 0.000001000. The molecule has 0 aliphatic carbocycles. The lowest BCUT2D eigenvalue weighted by molar-refractivity contribution is 0.177. The second-order valence-corrected chi connectivity index (χ2v) is 2.82. The molecule has 1 rings (SSSR count). The molecule has 0 aromatic heterocycles. The molecule has 6 heteroatoms. The minimum atomic E-state index is -2.24. The third kappa shape index (κ3) is 4.78. The number of nitrogens with zero attached hydrogens (tertiary/aromatic N) is 1. The van der Waals surface area contributed by atoms with Gasteiger partial charge < -0.3 is 5.32 Å². The number of amidine groups is 1. The Morgan fingerprint density at radius 2 is 2.36 bits per heavy atom. The van der Waals surface area contributed by atoms with Gasteiger partial charge in [0.1, 0.15) is 0 Å². The van der Waals surface area contributed by atoms with E-state index >= 15 is 0 Å². The smallest absolute Gasteiger partial charge is 0.248 e. The van der Waals surface area contributed by atoms with Crippen LogP contribution in [0.15, 0.2) is 4.99 Å². The molecule has 0 amide bonds. The van der Waals surface area contributed by atoms with E-state index in [0.717, 1.165) is 18.3 Å². The molecule has 0 aromatic rings. The topological polar surface area (TPSA) is 24.4 Å². The molecular weight excluding hydrogens is 285 g/mol. The van der Waals surface area contributed by atoms with E-state index in [1.807, 2.05) is 0 Å². The maximum atomic E-state index is 11.6. The second-order valence-electron chi connectivity index (χ2n) is 1.82. The molecular formula is C5H9F2IN2S. The van der Waals surface area contributed by atoms with Crippen molar-refractivity contribution < 1.29 is 8.78 Å². The first-order valence-corrected chi connectivity index (χ1v) is 3.97. The van der Waals surface area contributed by atoms with Crippen molar-refractivity contribution in [1.29, 1.82) is 0 Å². The third-order valence-electron chi connectivity index (χ3n) is 0.989. The number of alkyl halides is 2. The zero-order valence-electron chi connectivity index (χ0n) is 5.72. The van der Waals surface area contributed by atoms with Gasteiger partial charge in [0.25, 0.3) is 0 Å². The summed E-state index contributed by atoms with van der Waals surface area (Å²) in [6.45, 7) is 1.50. The van der Waals surface area contributed by atoms with E-state index in [2.05, 4.69) is 10.3 Å². The predicted octanol–water partition coefficient (Wildman–Crippen LogP) is 1.56. The van der Waals surface area contributed by atoms with Crippen LogP contribution in [-0.4, -0.2) is 30.4 Å². The van der Waals surface area contributed by atoms with Crippen LogP contribution in [0.5, 0.6) is 0 Å². The molecule has 0 atom stereocenters. The van der Waals surface area contributed by atoms with Crippen molar-refractivity contribution in [3.8, 4) is 0 Å². The zero-order valence-corrected chi connectivity index (χ0v) is 8.87. The van der Waals surface area contributed by atoms with Crippen molar-refractivity contribution in [2.45, 2.75) is 6.43 Å². The first-order chi connectivity index (χ1) is 4.79. The molecule has 1 heterocycles. The first-order valence-electron chi connectivity index (χ1n) is 2.98. The van der Waals surface area contributed by atoms with E-state index in [9.17, 15) is 8.78 Å². The summed E-state index contributed by atoms with van der Waals surface area (Å²) in [6.07, 6.45) is -2.24. The van der Waals surface area contributed by atoms with Gasteiger partial charge in [-0.15, -0.1) is 24.0 Å². The molecule has 0 aromatic carbocycles. The van der Waals surface area contributed by atoms with Crippen molar-refractivity contribution in [2.75, 3.05) is 18.8 Å². The first kappa shape index (κ1) is 11.4. The number of hydrogen-bond acceptors (Lipinski definition) is 3. The van der Waals surface area contributed by atoms with Gasteiger partial charge in [0.15, 0.2) is 5.17 Å². The molecule has 11 heavy (non-hydrogen) atoms. The maximum absolute atomic E-state index is 11.6. The average Bonchev–Trinajstić information content (AvgIpc) is 2.34. The van der Waals surface area contributed by atoms with E-state index in [1.54, 1.807) is 0 Å². The molecule has 2 nitrogen and oxygen atoms in total. The summed E-state index contributed by atoms with van der Waals surface area (Å²) in [5.74, 6) is -0.161. The molecule has 1 aliphatic rings. The fourth-order valence-electron chi connectivity index (χ4n) is 0.615. The van der Waals surface area contributed by atoms with Crippen molar-refractivity contribution in [1.82, 2.24) is 5.32 Å². The highest BCUT2D eigenvalue weighted by Crippen LogP contribution is 2.09. The van der Waals surface area contributed by atoms with Gasteiger partial charge in [0.05, 0.1) is 12.3 Å². The molecule has 0 radical (unpaired) electrons. The lowest BCUT2D eigenvalue weighted by Crippen LogP contribution is -2.16. The van der Waals surface area contributed by atoms with Gasteiger partial charge in [0, 0.05) is 6.54 Å². The van der Waals surface area contributed by atoms with Gasteiger partial charge in [-0.3, -0.25) is 4.99 Å². The SMILES string of the molecule is FC(F)CSC1=NCCN1.I. The molecule has 1 aliphatic heterocycles. The van der Waals surface area contributed by atoms with Crippen molar-refractivity contribution in [3.05, 3.63) is 0 Å². The quantitative estimate of drug-likeness (QED) is 0.782. The van der Waals surface area contributed by atoms with E-state index in [4.69, 9.17) is 0 Å². The molecule has 1 N–H and O–H groups in total. The van der Waals surface area contributed by atoms with Gasteiger partial charge in [-0.2, -0.15) is 0 Å². The molecule has 0 spiro atoms. The van der Waals surface area contributed by atoms with Crippen molar-refractivity contribution in [2.24, 2.45) is 4.99 Å². The van der Waals surface area contributed by atoms with E-state index in [0.29, 0.717) is 11.7 Å². The Hall–Kier alpha value is 0.410. The lowest BCUT2D eigenvalue weighted by Gasteiger charge is -1.99. The summed E-state index contributed by atoms with van der Waals surface area (Å²) >= 11 is 1.08. The van der Waals surface area contributed by atoms with Crippen LogP contribution in [-0.2, 0) is 0 Å². The Bertz CT molecular complexity index is 142. The van der Waals surface area contributed by atoms with Crippen LogP contribution in [0.4, 0.5) is 8.78 Å². The Morgan fingerprint density at radius 1 is 1.64 bits per heavy atom. The van der Waals surface area contributed by atoms with Crippen LogP contribution in [0.3, 0.4) is 0 Å². The van der Waals surface area contributed by atoms with E-state index in [-0.39, 0.29) is 29.7 Å². The highest BCUT2D eigenvalue weighted by atomic mass is 127. The Kier molecular flexibility index (Phi) is 6.21. The normalized spacial score (nSPS) is 15.7. The maximum Gasteiger partial charge on any atom is 0.248 e. The van der Waals surface area contributed by atoms with Gasteiger partial charge in [-0.05, 0) is 0 Å². The average molecular weight is 294 g/mol. The fourth-order valence-corrected chi connectivity index (χ4v) is 1.29. The highest BCUT2D eigenvalue weighted by molar-refractivity contribution is 14.0. The van der Waals surface area contributed by atoms with Crippen LogP contribution in [0, 0.1) is 0 Å². The van der Waals surface area contributed by atoms with Crippen LogP contribution in [0.2, 0.25) is 0 Å². The molecule has 0 fully saturated rings. The number of hydrogen-bond donors (Lipinski definition) is 1. The molecule has 0 saturated carbocycles. The number of thioether (sulfide) groups is 1. The summed E-state index contributed by atoms with van der Waals surface area (Å²) in [4.78, 5) is 3.94. The van der Waals surface area contributed by atoms with Gasteiger partial charge in [-0.1, -0.05) is 11.8 Å². The zero-order chi connectivity index (χ0) is 7.40. The predicted molar refractivity (Wildman–Crippen MR) is 54.2 cm³/mol. The minimum Gasteiger partial charge on any atom is -0.363 e. The van der Waals surface area contributed by atoms with Gasteiger partial charge >= 0.3 is 0 Å². The number of aliphatic imine (C=N–C) groups is 1. The van der Waals surface area contributed by atoms with Gasteiger partial charge in [0.2, 0.25) is 6.43 Å². The minimum absolute atomic E-state index is 0. The lowest BCUT2D eigenvalue weighted by atomic mass is 10.7. The molecule has 66 valence electrons. The van der Waals surface area contributed by atoms with Crippen LogP contribution in [0.25, 0.3) is 0 Å². The summed E-state index contributed by atoms with van der Waals surface area (Å²) in [6, 6.07) is 0. The monoisotopic (exact) mass is 294 g/mol. The highest BCUT2D eigenvalue weighted by Gasteiger charge is 2.08. The van der Waals surface area contributed by atoms with Crippen molar-refractivity contribution in [3.63, 3.8) is 0 Å². The van der Waals surface area contributed by atoms with E-state index in [1.165, 1.54) is 0 Å². The van der Waals surface area contributed by atoms with Crippen molar-refractivity contribution >= 4 is 40.9 Å². The third-order valence-corrected chi connectivity index (χ3v) is 1.95. The summed E-state index contributed by atoms with van der Waals surface area (Å²) in [7, 11) is 0. The number of nitrogens with one attached hydrogen (secondary N) is 1.